The summed E-state index contributed by atoms with van der Waals surface area (Å²) in [7, 11) is 0. The van der Waals surface area contributed by atoms with Crippen molar-refractivity contribution in [2.75, 3.05) is 0 Å². The highest BCUT2D eigenvalue weighted by atomic mass is 16.6. The molecule has 188 valence electrons. The Kier molecular flexibility index (Phi) is 7.62. The van der Waals surface area contributed by atoms with Gasteiger partial charge >= 0.3 is 5.97 Å². The Morgan fingerprint density at radius 1 is 1.11 bits per heavy atom. The predicted octanol–water partition coefficient (Wildman–Crippen LogP) is 3.49. The number of ether oxygens (including phenoxy) is 1. The van der Waals surface area contributed by atoms with Gasteiger partial charge in [-0.15, -0.1) is 0 Å². The number of amides is 1. The fourth-order valence-corrected chi connectivity index (χ4v) is 6.09. The van der Waals surface area contributed by atoms with E-state index in [-0.39, 0.29) is 17.9 Å². The van der Waals surface area contributed by atoms with Gasteiger partial charge in [-0.25, -0.2) is 4.79 Å². The molecule has 1 spiro atoms. The Morgan fingerprint density at radius 2 is 1.86 bits per heavy atom. The van der Waals surface area contributed by atoms with Gasteiger partial charge in [0.15, 0.2) is 0 Å². The molecule has 1 saturated heterocycles. The molecule has 1 aliphatic carbocycles. The number of benzene rings is 1. The molecule has 0 aromatic heterocycles. The molecule has 8 atom stereocenters. The number of aliphatic hydroxyl groups excluding tert-OH is 2. The Balaban J connectivity index is 1.78. The smallest absolute Gasteiger partial charge is 0.331 e. The van der Waals surface area contributed by atoms with Crippen LogP contribution in [-0.2, 0) is 20.7 Å². The average Bonchev–Trinajstić information content (AvgIpc) is 3.09. The van der Waals surface area contributed by atoms with Crippen LogP contribution in [0.4, 0.5) is 0 Å². The molecular weight excluding hydrogens is 442 g/mol. The number of carbonyl (C=O) groups is 2. The zero-order valence-corrected chi connectivity index (χ0v) is 20.6. The summed E-state index contributed by atoms with van der Waals surface area (Å²) in [5.74, 6) is -2.13. The molecule has 2 aliphatic heterocycles. The summed E-state index contributed by atoms with van der Waals surface area (Å²) < 4.78 is 6.05. The van der Waals surface area contributed by atoms with Crippen molar-refractivity contribution in [2.24, 2.45) is 23.7 Å². The number of nitrogens with one attached hydrogen (secondary N) is 1. The van der Waals surface area contributed by atoms with Crippen molar-refractivity contribution in [1.82, 2.24) is 5.32 Å². The van der Waals surface area contributed by atoms with Crippen molar-refractivity contribution >= 4 is 11.9 Å². The maximum absolute atomic E-state index is 13.7. The van der Waals surface area contributed by atoms with E-state index in [1.807, 2.05) is 49.4 Å². The Hall–Kier alpha value is -2.70. The van der Waals surface area contributed by atoms with E-state index in [0.29, 0.717) is 24.3 Å². The van der Waals surface area contributed by atoms with Crippen LogP contribution in [0.3, 0.4) is 0 Å². The van der Waals surface area contributed by atoms with E-state index in [9.17, 15) is 19.8 Å². The number of hydrogen-bond donors (Lipinski definition) is 3. The molecule has 0 radical (unpaired) electrons. The summed E-state index contributed by atoms with van der Waals surface area (Å²) in [6.07, 6.45) is 8.39. The molecule has 0 unspecified atom stereocenters. The minimum absolute atomic E-state index is 0.262. The fraction of sp³-hybridized carbons (Fsp3) is 0.517. The zero-order valence-electron chi connectivity index (χ0n) is 20.6. The van der Waals surface area contributed by atoms with Gasteiger partial charge in [0.25, 0.3) is 5.91 Å². The van der Waals surface area contributed by atoms with E-state index in [2.05, 4.69) is 18.8 Å². The molecule has 35 heavy (non-hydrogen) atoms. The highest BCUT2D eigenvalue weighted by Crippen LogP contribution is 2.52. The number of allylic oxidation sites excluding steroid dienone is 1. The first kappa shape index (κ1) is 25.4. The van der Waals surface area contributed by atoms with Gasteiger partial charge in [-0.3, -0.25) is 4.79 Å². The second-order valence-electron chi connectivity index (χ2n) is 10.5. The Bertz CT molecular complexity index is 1000. The lowest BCUT2D eigenvalue weighted by molar-refractivity contribution is -0.182. The van der Waals surface area contributed by atoms with E-state index in [1.165, 1.54) is 12.2 Å². The lowest BCUT2D eigenvalue weighted by Gasteiger charge is -2.49. The molecule has 4 rings (SSSR count). The summed E-state index contributed by atoms with van der Waals surface area (Å²) in [6.45, 7) is 8.27. The van der Waals surface area contributed by atoms with Gasteiger partial charge in [0.1, 0.15) is 0 Å². The van der Waals surface area contributed by atoms with Crippen LogP contribution in [0.25, 0.3) is 0 Å². The third-order valence-electron chi connectivity index (χ3n) is 8.04. The number of carbonyl (C=O) groups excluding carboxylic acids is 2. The number of rotatable bonds is 2. The third-order valence-corrected chi connectivity index (χ3v) is 8.04. The van der Waals surface area contributed by atoms with Crippen molar-refractivity contribution in [2.45, 2.75) is 69.8 Å². The summed E-state index contributed by atoms with van der Waals surface area (Å²) in [5.41, 5.74) is 0.136. The van der Waals surface area contributed by atoms with Crippen molar-refractivity contribution < 1.29 is 24.5 Å². The molecule has 0 bridgehead atoms. The molecule has 3 N–H and O–H groups in total. The Labute approximate surface area is 207 Å². The molecule has 6 heteroatoms. The second-order valence-corrected chi connectivity index (χ2v) is 10.5. The van der Waals surface area contributed by atoms with Gasteiger partial charge in [0, 0.05) is 18.0 Å². The van der Waals surface area contributed by atoms with E-state index < -0.39 is 35.6 Å². The summed E-state index contributed by atoms with van der Waals surface area (Å²) in [6, 6.07) is 9.59. The first-order valence-electron chi connectivity index (χ1n) is 12.7. The minimum Gasteiger partial charge on any atom is -0.445 e. The molecule has 2 heterocycles. The van der Waals surface area contributed by atoms with Crippen molar-refractivity contribution in [1.29, 1.82) is 0 Å². The molecule has 1 aromatic rings. The van der Waals surface area contributed by atoms with E-state index in [4.69, 9.17) is 4.74 Å². The van der Waals surface area contributed by atoms with Crippen LogP contribution in [0.1, 0.15) is 45.1 Å². The summed E-state index contributed by atoms with van der Waals surface area (Å²) in [5, 5.41) is 24.7. The standard InChI is InChI=1S/C29H37NO5/c1-18-9-7-13-22(31)15-16-25(32)35-29-23(14-8-10-18)27(33)20(3)19(2)26(29)24(30-28(29)34)17-21-11-5-4-6-12-21/h4-6,8,11-12,14-16,18-19,22-24,26-27,31,33H,3,7,9-10,13,17H2,1-2H3,(H,30,34)/b14-8+,16-15-/t18-,19-,22+,23-,24-,26+,27+,29+/m0/s1. The lowest BCUT2D eigenvalue weighted by atomic mass is 9.59. The molecular formula is C29H37NO5. The van der Waals surface area contributed by atoms with Crippen LogP contribution in [-0.4, -0.2) is 45.9 Å². The molecule has 3 aliphatic rings. The van der Waals surface area contributed by atoms with Gasteiger partial charge in [0.05, 0.1) is 18.1 Å². The monoisotopic (exact) mass is 479 g/mol. The van der Waals surface area contributed by atoms with Crippen LogP contribution in [0.15, 0.2) is 66.8 Å². The SMILES string of the molecule is C=C1[C@@H](O)[C@@H]2/C=C/C[C@@H](C)CCC[C@@H](O)/C=C\C(=O)O[C@]23C(=O)N[C@@H](Cc2ccccc2)[C@H]3[C@H]1C. The number of hydrogen-bond acceptors (Lipinski definition) is 5. The summed E-state index contributed by atoms with van der Waals surface area (Å²) >= 11 is 0. The quantitative estimate of drug-likeness (QED) is 0.446. The maximum Gasteiger partial charge on any atom is 0.331 e. The third kappa shape index (κ3) is 5.00. The van der Waals surface area contributed by atoms with Crippen LogP contribution >= 0.6 is 0 Å². The van der Waals surface area contributed by atoms with Gasteiger partial charge in [0.2, 0.25) is 5.60 Å². The average molecular weight is 480 g/mol. The lowest BCUT2D eigenvalue weighted by Crippen LogP contribution is -2.61. The van der Waals surface area contributed by atoms with Crippen LogP contribution in [0.2, 0.25) is 0 Å². The van der Waals surface area contributed by atoms with Gasteiger partial charge in [-0.05, 0) is 48.3 Å². The number of aliphatic hydroxyl groups is 2. The highest BCUT2D eigenvalue weighted by Gasteiger charge is 2.67. The highest BCUT2D eigenvalue weighted by molar-refractivity contribution is 5.94. The topological polar surface area (TPSA) is 95.9 Å². The van der Waals surface area contributed by atoms with Crippen LogP contribution < -0.4 is 5.32 Å². The molecule has 1 saturated carbocycles. The molecule has 1 amide bonds. The predicted molar refractivity (Wildman–Crippen MR) is 134 cm³/mol. The summed E-state index contributed by atoms with van der Waals surface area (Å²) in [4.78, 5) is 26.8. The normalized spacial score (nSPS) is 40.0. The molecule has 1 aromatic carbocycles. The van der Waals surface area contributed by atoms with Crippen molar-refractivity contribution in [3.05, 3.63) is 72.4 Å². The molecule has 2 fully saturated rings. The van der Waals surface area contributed by atoms with Crippen molar-refractivity contribution in [3.63, 3.8) is 0 Å². The first-order chi connectivity index (χ1) is 16.7. The van der Waals surface area contributed by atoms with Gasteiger partial charge < -0.3 is 20.3 Å². The first-order valence-corrected chi connectivity index (χ1v) is 12.7. The van der Waals surface area contributed by atoms with E-state index in [1.54, 1.807) is 0 Å². The van der Waals surface area contributed by atoms with Crippen LogP contribution in [0, 0.1) is 23.7 Å². The van der Waals surface area contributed by atoms with E-state index in [0.717, 1.165) is 24.8 Å². The number of esters is 1. The van der Waals surface area contributed by atoms with Gasteiger partial charge in [-0.1, -0.05) is 75.8 Å². The fourth-order valence-electron chi connectivity index (χ4n) is 6.09. The molecule has 6 nitrogen and oxygen atoms in total. The van der Waals surface area contributed by atoms with Crippen molar-refractivity contribution in [3.8, 4) is 0 Å². The maximum atomic E-state index is 13.7. The second kappa shape index (κ2) is 10.5. The van der Waals surface area contributed by atoms with Gasteiger partial charge in [-0.2, -0.15) is 0 Å². The van der Waals surface area contributed by atoms with E-state index >= 15 is 0 Å². The largest absolute Gasteiger partial charge is 0.445 e. The van der Waals surface area contributed by atoms with Crippen LogP contribution in [0.5, 0.6) is 0 Å². The Morgan fingerprint density at radius 3 is 2.60 bits per heavy atom. The minimum atomic E-state index is -1.57. The zero-order chi connectivity index (χ0) is 25.2.